The topological polar surface area (TPSA) is 29.9 Å². The van der Waals surface area contributed by atoms with Crippen LogP contribution < -0.4 is 5.32 Å². The summed E-state index contributed by atoms with van der Waals surface area (Å²) in [6, 6.07) is 8.68. The summed E-state index contributed by atoms with van der Waals surface area (Å²) in [5.41, 5.74) is 3.54. The fraction of sp³-hybridized carbons (Fsp3) is 0.357. The van der Waals surface area contributed by atoms with Gasteiger partial charge < -0.3 is 5.32 Å². The third-order valence-corrected chi connectivity index (χ3v) is 4.38. The van der Waals surface area contributed by atoms with E-state index in [-0.39, 0.29) is 6.04 Å². The van der Waals surface area contributed by atoms with Crippen LogP contribution in [-0.4, -0.2) is 16.8 Å². The lowest BCUT2D eigenvalue weighted by atomic mass is 10.0. The van der Waals surface area contributed by atoms with E-state index in [9.17, 15) is 0 Å². The number of halogens is 2. The van der Waals surface area contributed by atoms with Crippen LogP contribution in [0.1, 0.15) is 23.0 Å². The molecule has 19 heavy (non-hydrogen) atoms. The number of hydrogen-bond acceptors (Lipinski definition) is 2. The van der Waals surface area contributed by atoms with Crippen LogP contribution in [0.4, 0.5) is 0 Å². The molecule has 0 aliphatic heterocycles. The van der Waals surface area contributed by atoms with Crippen molar-refractivity contribution < 1.29 is 0 Å². The van der Waals surface area contributed by atoms with Crippen molar-refractivity contribution in [3.8, 4) is 0 Å². The lowest BCUT2D eigenvalue weighted by Crippen LogP contribution is -2.20. The molecule has 0 aliphatic carbocycles. The molecule has 0 saturated heterocycles. The third-order valence-electron chi connectivity index (χ3n) is 3.20. The third kappa shape index (κ3) is 3.46. The zero-order valence-corrected chi connectivity index (χ0v) is 14.4. The van der Waals surface area contributed by atoms with E-state index in [0.717, 1.165) is 21.1 Å². The Labute approximate surface area is 130 Å². The van der Waals surface area contributed by atoms with E-state index >= 15 is 0 Å². The number of rotatable bonds is 4. The predicted molar refractivity (Wildman–Crippen MR) is 85.3 cm³/mol. The fourth-order valence-electron chi connectivity index (χ4n) is 2.22. The average molecular weight is 387 g/mol. The van der Waals surface area contributed by atoms with Crippen molar-refractivity contribution in [1.82, 2.24) is 15.1 Å². The maximum Gasteiger partial charge on any atom is 0.0596 e. The van der Waals surface area contributed by atoms with Crippen LogP contribution in [0.2, 0.25) is 0 Å². The first-order chi connectivity index (χ1) is 9.01. The van der Waals surface area contributed by atoms with Gasteiger partial charge >= 0.3 is 0 Å². The average Bonchev–Trinajstić information content (AvgIpc) is 2.65. The summed E-state index contributed by atoms with van der Waals surface area (Å²) in [6.07, 6.45) is 0.911. The van der Waals surface area contributed by atoms with Gasteiger partial charge in [-0.15, -0.1) is 0 Å². The highest BCUT2D eigenvalue weighted by Crippen LogP contribution is 2.28. The highest BCUT2D eigenvalue weighted by molar-refractivity contribution is 9.11. The number of aromatic nitrogens is 2. The summed E-state index contributed by atoms with van der Waals surface area (Å²) in [5.74, 6) is 0. The summed E-state index contributed by atoms with van der Waals surface area (Å²) in [6.45, 7) is 2.02. The minimum atomic E-state index is 0.261. The van der Waals surface area contributed by atoms with Gasteiger partial charge in [0.15, 0.2) is 0 Å². The summed E-state index contributed by atoms with van der Waals surface area (Å²) in [7, 11) is 3.98. The van der Waals surface area contributed by atoms with Crippen LogP contribution in [-0.2, 0) is 13.5 Å². The van der Waals surface area contributed by atoms with Crippen LogP contribution in [0.3, 0.4) is 0 Å². The standard InChI is InChI=1S/C14H17Br2N3/c1-9-6-11(19(3)18-9)8-14(17-2)12-5-4-10(15)7-13(12)16/h4-7,14,17H,8H2,1-3H3. The Morgan fingerprint density at radius 2 is 2.05 bits per heavy atom. The molecule has 1 atom stereocenters. The molecule has 5 heteroatoms. The Morgan fingerprint density at radius 3 is 2.58 bits per heavy atom. The molecular weight excluding hydrogens is 370 g/mol. The quantitative estimate of drug-likeness (QED) is 0.866. The van der Waals surface area contributed by atoms with Crippen molar-refractivity contribution in [2.45, 2.75) is 19.4 Å². The predicted octanol–water partition coefficient (Wildman–Crippen LogP) is 3.76. The maximum atomic E-state index is 4.40. The molecule has 1 aromatic heterocycles. The molecule has 2 aromatic rings. The van der Waals surface area contributed by atoms with Crippen molar-refractivity contribution in [2.75, 3.05) is 7.05 Å². The first-order valence-corrected chi connectivity index (χ1v) is 7.71. The summed E-state index contributed by atoms with van der Waals surface area (Å²) in [5, 5.41) is 7.78. The van der Waals surface area contributed by atoms with E-state index in [1.165, 1.54) is 11.3 Å². The molecule has 1 N–H and O–H groups in total. The van der Waals surface area contributed by atoms with E-state index in [2.05, 4.69) is 66.5 Å². The second-order valence-electron chi connectivity index (χ2n) is 4.61. The maximum absolute atomic E-state index is 4.40. The molecule has 0 saturated carbocycles. The van der Waals surface area contributed by atoms with Gasteiger partial charge in [-0.2, -0.15) is 5.10 Å². The molecule has 102 valence electrons. The minimum Gasteiger partial charge on any atom is -0.313 e. The van der Waals surface area contributed by atoms with Crippen LogP contribution >= 0.6 is 31.9 Å². The highest BCUT2D eigenvalue weighted by Gasteiger charge is 2.15. The molecule has 0 radical (unpaired) electrons. The van der Waals surface area contributed by atoms with Gasteiger partial charge in [-0.25, -0.2) is 0 Å². The molecule has 2 rings (SSSR count). The number of hydrogen-bond donors (Lipinski definition) is 1. The van der Waals surface area contributed by atoms with Crippen molar-refractivity contribution in [3.63, 3.8) is 0 Å². The zero-order valence-electron chi connectivity index (χ0n) is 11.2. The SMILES string of the molecule is CNC(Cc1cc(C)nn1C)c1ccc(Br)cc1Br. The number of nitrogens with one attached hydrogen (secondary N) is 1. The van der Waals surface area contributed by atoms with Crippen LogP contribution in [0.25, 0.3) is 0 Å². The van der Waals surface area contributed by atoms with E-state index in [1.54, 1.807) is 0 Å². The molecule has 0 fully saturated rings. The van der Waals surface area contributed by atoms with E-state index in [4.69, 9.17) is 0 Å². The molecule has 1 heterocycles. The summed E-state index contributed by atoms with van der Waals surface area (Å²) < 4.78 is 4.14. The molecule has 0 bridgehead atoms. The molecule has 1 aromatic carbocycles. The first kappa shape index (κ1) is 14.8. The smallest absolute Gasteiger partial charge is 0.0596 e. The molecular formula is C14H17Br2N3. The van der Waals surface area contributed by atoms with Gasteiger partial charge in [0.1, 0.15) is 0 Å². The summed E-state index contributed by atoms with van der Waals surface area (Å²) >= 11 is 7.12. The molecule has 0 aliphatic rings. The van der Waals surface area contributed by atoms with Gasteiger partial charge in [0.05, 0.1) is 5.69 Å². The van der Waals surface area contributed by atoms with Gasteiger partial charge in [-0.3, -0.25) is 4.68 Å². The lowest BCUT2D eigenvalue weighted by molar-refractivity contribution is 0.559. The fourth-order valence-corrected chi connectivity index (χ4v) is 3.54. The van der Waals surface area contributed by atoms with Crippen LogP contribution in [0.5, 0.6) is 0 Å². The van der Waals surface area contributed by atoms with Crippen molar-refractivity contribution in [1.29, 1.82) is 0 Å². The zero-order chi connectivity index (χ0) is 14.0. The Balaban J connectivity index is 2.27. The minimum absolute atomic E-state index is 0.261. The highest BCUT2D eigenvalue weighted by atomic mass is 79.9. The van der Waals surface area contributed by atoms with Crippen molar-refractivity contribution >= 4 is 31.9 Å². The van der Waals surface area contributed by atoms with Gasteiger partial charge in [-0.05, 0) is 37.7 Å². The van der Waals surface area contributed by atoms with Crippen molar-refractivity contribution in [2.24, 2.45) is 7.05 Å². The second kappa shape index (κ2) is 6.20. The molecule has 1 unspecified atom stereocenters. The molecule has 3 nitrogen and oxygen atoms in total. The largest absolute Gasteiger partial charge is 0.313 e. The number of nitrogens with zero attached hydrogens (tertiary/aromatic N) is 2. The normalized spacial score (nSPS) is 12.7. The number of aryl methyl sites for hydroxylation is 2. The Bertz CT molecular complexity index is 578. The lowest BCUT2D eigenvalue weighted by Gasteiger charge is -2.18. The second-order valence-corrected chi connectivity index (χ2v) is 6.38. The number of benzene rings is 1. The van der Waals surface area contributed by atoms with Crippen LogP contribution in [0, 0.1) is 6.92 Å². The Hall–Kier alpha value is -0.650. The molecule has 0 amide bonds. The van der Waals surface area contributed by atoms with E-state index in [1.807, 2.05) is 25.7 Å². The van der Waals surface area contributed by atoms with E-state index in [0.29, 0.717) is 0 Å². The Morgan fingerprint density at radius 1 is 1.32 bits per heavy atom. The monoisotopic (exact) mass is 385 g/mol. The molecule has 0 spiro atoms. The first-order valence-electron chi connectivity index (χ1n) is 6.13. The van der Waals surface area contributed by atoms with Gasteiger partial charge in [0, 0.05) is 34.1 Å². The van der Waals surface area contributed by atoms with Crippen molar-refractivity contribution in [3.05, 3.63) is 50.2 Å². The Kier molecular flexibility index (Phi) is 4.81. The van der Waals surface area contributed by atoms with E-state index < -0.39 is 0 Å². The van der Waals surface area contributed by atoms with Crippen LogP contribution in [0.15, 0.2) is 33.2 Å². The van der Waals surface area contributed by atoms with Gasteiger partial charge in [-0.1, -0.05) is 37.9 Å². The van der Waals surface area contributed by atoms with Gasteiger partial charge in [0.25, 0.3) is 0 Å². The number of likely N-dealkylation sites (N-methyl/N-ethyl adjacent to an activating group) is 1. The van der Waals surface area contributed by atoms with Gasteiger partial charge in [0.2, 0.25) is 0 Å². The summed E-state index contributed by atoms with van der Waals surface area (Å²) in [4.78, 5) is 0.